The minimum absolute atomic E-state index is 0.408. The minimum Gasteiger partial charge on any atom is -0.386 e. The second-order valence-corrected chi connectivity index (χ2v) is 5.08. The maximum atomic E-state index is 11.8. The molecule has 1 unspecified atom stereocenters. The van der Waals surface area contributed by atoms with Crippen molar-refractivity contribution in [1.29, 1.82) is 0 Å². The van der Waals surface area contributed by atoms with Gasteiger partial charge in [-0.15, -0.1) is 0 Å². The predicted octanol–water partition coefficient (Wildman–Crippen LogP) is 3.82. The molecule has 0 amide bonds. The summed E-state index contributed by atoms with van der Waals surface area (Å²) in [6, 6.07) is 5.05. The Labute approximate surface area is 113 Å². The number of hydrogen-bond acceptors (Lipinski definition) is 2. The van der Waals surface area contributed by atoms with Crippen molar-refractivity contribution in [2.75, 3.05) is 13.2 Å². The summed E-state index contributed by atoms with van der Waals surface area (Å²) >= 11 is 6.42. The van der Waals surface area contributed by atoms with Crippen LogP contribution in [0.1, 0.15) is 11.7 Å². The van der Waals surface area contributed by atoms with Crippen LogP contribution in [0.25, 0.3) is 0 Å². The van der Waals surface area contributed by atoms with E-state index in [0.717, 1.165) is 4.47 Å². The molecule has 0 heterocycles. The van der Waals surface area contributed by atoms with Gasteiger partial charge in [0, 0.05) is 8.95 Å². The molecule has 0 bridgehead atoms. The minimum atomic E-state index is -4.38. The van der Waals surface area contributed by atoms with Gasteiger partial charge in [-0.3, -0.25) is 0 Å². The normalized spacial score (nSPS) is 13.8. The second kappa shape index (κ2) is 6.17. The molecule has 0 spiro atoms. The van der Waals surface area contributed by atoms with Gasteiger partial charge in [-0.05, 0) is 23.8 Å². The van der Waals surface area contributed by atoms with Crippen LogP contribution in [0.3, 0.4) is 0 Å². The Morgan fingerprint density at radius 3 is 2.53 bits per heavy atom. The van der Waals surface area contributed by atoms with Crippen LogP contribution in [-0.2, 0) is 4.74 Å². The van der Waals surface area contributed by atoms with Crippen LogP contribution in [0.4, 0.5) is 13.2 Å². The zero-order valence-electron chi connectivity index (χ0n) is 8.47. The molecule has 1 N–H and O–H groups in total. The van der Waals surface area contributed by atoms with Crippen molar-refractivity contribution in [3.05, 3.63) is 32.7 Å². The van der Waals surface area contributed by atoms with Gasteiger partial charge in [-0.2, -0.15) is 13.2 Å². The average molecular weight is 378 g/mol. The fraction of sp³-hybridized carbons (Fsp3) is 0.400. The Hall–Kier alpha value is -0.110. The van der Waals surface area contributed by atoms with Gasteiger partial charge in [0.2, 0.25) is 0 Å². The molecule has 0 aliphatic rings. The highest BCUT2D eigenvalue weighted by atomic mass is 79.9. The quantitative estimate of drug-likeness (QED) is 0.864. The van der Waals surface area contributed by atoms with E-state index in [4.69, 9.17) is 0 Å². The number of aliphatic hydroxyl groups excluding tert-OH is 1. The molecule has 0 aliphatic heterocycles. The smallest absolute Gasteiger partial charge is 0.386 e. The van der Waals surface area contributed by atoms with Crippen molar-refractivity contribution in [1.82, 2.24) is 0 Å². The van der Waals surface area contributed by atoms with Crippen LogP contribution in [-0.4, -0.2) is 24.5 Å². The van der Waals surface area contributed by atoms with Gasteiger partial charge in [0.25, 0.3) is 0 Å². The molecule has 0 radical (unpaired) electrons. The monoisotopic (exact) mass is 376 g/mol. The van der Waals surface area contributed by atoms with E-state index in [2.05, 4.69) is 36.6 Å². The van der Waals surface area contributed by atoms with E-state index in [9.17, 15) is 18.3 Å². The molecular formula is C10H9Br2F3O2. The Morgan fingerprint density at radius 2 is 1.94 bits per heavy atom. The zero-order valence-corrected chi connectivity index (χ0v) is 11.6. The van der Waals surface area contributed by atoms with E-state index in [0.29, 0.717) is 10.0 Å². The summed E-state index contributed by atoms with van der Waals surface area (Å²) in [5.74, 6) is 0. The number of alkyl halides is 3. The first kappa shape index (κ1) is 14.9. The number of benzene rings is 1. The summed E-state index contributed by atoms with van der Waals surface area (Å²) in [5, 5.41) is 9.68. The summed E-state index contributed by atoms with van der Waals surface area (Å²) in [6.45, 7) is -1.77. The Bertz CT molecular complexity index is 382. The van der Waals surface area contributed by atoms with Crippen LogP contribution in [0.15, 0.2) is 27.1 Å². The maximum Gasteiger partial charge on any atom is 0.411 e. The summed E-state index contributed by atoms with van der Waals surface area (Å²) in [5.41, 5.74) is 0.474. The number of ether oxygens (including phenoxy) is 1. The second-order valence-electron chi connectivity index (χ2n) is 3.31. The first-order chi connectivity index (χ1) is 7.79. The molecule has 7 heteroatoms. The average Bonchev–Trinajstić information content (AvgIpc) is 2.19. The topological polar surface area (TPSA) is 29.5 Å². The molecule has 1 rings (SSSR count). The lowest BCUT2D eigenvalue weighted by molar-refractivity contribution is -0.179. The van der Waals surface area contributed by atoms with Crippen molar-refractivity contribution in [3.63, 3.8) is 0 Å². The third-order valence-corrected chi connectivity index (χ3v) is 3.07. The number of hydrogen-bond donors (Lipinski definition) is 1. The molecule has 1 aromatic rings. The van der Waals surface area contributed by atoms with Crippen molar-refractivity contribution >= 4 is 31.9 Å². The molecule has 1 aromatic carbocycles. The van der Waals surface area contributed by atoms with E-state index >= 15 is 0 Å². The van der Waals surface area contributed by atoms with Crippen LogP contribution in [0.2, 0.25) is 0 Å². The lowest BCUT2D eigenvalue weighted by atomic mass is 10.1. The van der Waals surface area contributed by atoms with Crippen molar-refractivity contribution in [2.45, 2.75) is 12.3 Å². The number of aliphatic hydroxyl groups is 1. The lowest BCUT2D eigenvalue weighted by Gasteiger charge is -2.14. The van der Waals surface area contributed by atoms with E-state index < -0.39 is 25.5 Å². The lowest BCUT2D eigenvalue weighted by Crippen LogP contribution is -2.19. The highest BCUT2D eigenvalue weighted by Crippen LogP contribution is 2.27. The molecule has 0 aromatic heterocycles. The SMILES string of the molecule is OC(COCC(F)(F)F)c1cc(Br)ccc1Br. The van der Waals surface area contributed by atoms with Gasteiger partial charge in [-0.1, -0.05) is 31.9 Å². The van der Waals surface area contributed by atoms with Crippen LogP contribution < -0.4 is 0 Å². The van der Waals surface area contributed by atoms with Crippen molar-refractivity contribution in [3.8, 4) is 0 Å². The molecule has 0 saturated carbocycles. The summed E-state index contributed by atoms with van der Waals surface area (Å²) in [7, 11) is 0. The first-order valence-electron chi connectivity index (χ1n) is 4.57. The molecule has 2 nitrogen and oxygen atoms in total. The Kier molecular flexibility index (Phi) is 5.43. The molecular weight excluding hydrogens is 369 g/mol. The molecule has 17 heavy (non-hydrogen) atoms. The molecule has 0 aliphatic carbocycles. The van der Waals surface area contributed by atoms with E-state index in [1.807, 2.05) is 0 Å². The molecule has 0 fully saturated rings. The number of halogens is 5. The standard InChI is InChI=1S/C10H9Br2F3O2/c11-6-1-2-8(12)7(3-6)9(16)4-17-5-10(13,14)15/h1-3,9,16H,4-5H2. The van der Waals surface area contributed by atoms with Crippen molar-refractivity contribution < 1.29 is 23.0 Å². The predicted molar refractivity (Wildman–Crippen MR) is 63.7 cm³/mol. The van der Waals surface area contributed by atoms with Gasteiger partial charge in [-0.25, -0.2) is 0 Å². The van der Waals surface area contributed by atoms with E-state index in [-0.39, 0.29) is 0 Å². The third-order valence-electron chi connectivity index (χ3n) is 1.86. The fourth-order valence-electron chi connectivity index (χ4n) is 1.15. The highest BCUT2D eigenvalue weighted by molar-refractivity contribution is 9.11. The molecule has 1 atom stereocenters. The van der Waals surface area contributed by atoms with Crippen LogP contribution in [0.5, 0.6) is 0 Å². The Morgan fingerprint density at radius 1 is 1.29 bits per heavy atom. The van der Waals surface area contributed by atoms with Gasteiger partial charge < -0.3 is 9.84 Å². The van der Waals surface area contributed by atoms with E-state index in [1.165, 1.54) is 0 Å². The van der Waals surface area contributed by atoms with Gasteiger partial charge in [0.15, 0.2) is 0 Å². The molecule has 96 valence electrons. The maximum absolute atomic E-state index is 11.8. The number of rotatable bonds is 4. The third kappa shape index (κ3) is 5.37. The van der Waals surface area contributed by atoms with E-state index in [1.54, 1.807) is 18.2 Å². The van der Waals surface area contributed by atoms with Gasteiger partial charge in [0.05, 0.1) is 6.61 Å². The highest BCUT2D eigenvalue weighted by Gasteiger charge is 2.28. The largest absolute Gasteiger partial charge is 0.411 e. The molecule has 0 saturated heterocycles. The van der Waals surface area contributed by atoms with Gasteiger partial charge in [0.1, 0.15) is 12.7 Å². The summed E-state index contributed by atoms with van der Waals surface area (Å²) in [6.07, 6.45) is -5.49. The fourth-order valence-corrected chi connectivity index (χ4v) is 2.04. The van der Waals surface area contributed by atoms with Gasteiger partial charge >= 0.3 is 6.18 Å². The Balaban J connectivity index is 2.58. The van der Waals surface area contributed by atoms with Crippen molar-refractivity contribution in [2.24, 2.45) is 0 Å². The summed E-state index contributed by atoms with van der Waals surface area (Å²) < 4.78 is 41.2. The van der Waals surface area contributed by atoms with Crippen LogP contribution >= 0.6 is 31.9 Å². The first-order valence-corrected chi connectivity index (χ1v) is 6.15. The zero-order chi connectivity index (χ0) is 13.1. The summed E-state index contributed by atoms with van der Waals surface area (Å²) in [4.78, 5) is 0. The van der Waals surface area contributed by atoms with Crippen LogP contribution in [0, 0.1) is 0 Å².